The van der Waals surface area contributed by atoms with Crippen LogP contribution in [-0.2, 0) is 6.54 Å². The Morgan fingerprint density at radius 1 is 1.48 bits per heavy atom. The molecule has 3 N–H and O–H groups in total. The van der Waals surface area contributed by atoms with Crippen molar-refractivity contribution in [2.75, 3.05) is 20.2 Å². The lowest BCUT2D eigenvalue weighted by molar-refractivity contribution is 0.111. The molecular formula is C16H25N3O2. The van der Waals surface area contributed by atoms with E-state index in [1.54, 1.807) is 7.11 Å². The second-order valence-corrected chi connectivity index (χ2v) is 6.50. The first kappa shape index (κ1) is 15.6. The number of piperidine rings is 1. The van der Waals surface area contributed by atoms with Crippen molar-refractivity contribution in [3.05, 3.63) is 29.3 Å². The fourth-order valence-electron chi connectivity index (χ4n) is 3.05. The van der Waals surface area contributed by atoms with Crippen LogP contribution in [0.25, 0.3) is 0 Å². The molecule has 116 valence electrons. The Hall–Kier alpha value is -1.75. The molecular weight excluding hydrogens is 266 g/mol. The third-order valence-corrected chi connectivity index (χ3v) is 4.03. The number of nitrogens with two attached hydrogens (primary N) is 1. The van der Waals surface area contributed by atoms with E-state index in [1.807, 2.05) is 18.2 Å². The largest absolute Gasteiger partial charge is 0.496 e. The zero-order valence-electron chi connectivity index (χ0n) is 13.1. The van der Waals surface area contributed by atoms with Crippen LogP contribution in [0, 0.1) is 5.41 Å². The molecule has 0 spiro atoms. The molecule has 1 aliphatic heterocycles. The van der Waals surface area contributed by atoms with Crippen LogP contribution < -0.4 is 10.5 Å². The summed E-state index contributed by atoms with van der Waals surface area (Å²) in [7, 11) is 1.58. The van der Waals surface area contributed by atoms with Crippen LogP contribution >= 0.6 is 0 Å². The minimum absolute atomic E-state index is 0.0766. The van der Waals surface area contributed by atoms with E-state index in [1.165, 1.54) is 12.8 Å². The molecule has 0 aliphatic carbocycles. The molecule has 5 heteroatoms. The Kier molecular flexibility index (Phi) is 4.73. The van der Waals surface area contributed by atoms with Crippen molar-refractivity contribution in [2.24, 2.45) is 16.3 Å². The number of rotatable bonds is 4. The lowest BCUT2D eigenvalue weighted by atomic mass is 9.84. The fourth-order valence-corrected chi connectivity index (χ4v) is 3.05. The normalized spacial score (nSPS) is 19.5. The monoisotopic (exact) mass is 291 g/mol. The molecule has 2 rings (SSSR count). The van der Waals surface area contributed by atoms with Crippen LogP contribution in [0.3, 0.4) is 0 Å². The standard InChI is InChI=1S/C16H25N3O2/c1-16(2)7-4-8-19(11-16)10-12-5-6-14(21-3)13(9-12)15(17)18-20/h5-6,9,20H,4,7-8,10-11H2,1-3H3,(H2,17,18). The maximum atomic E-state index is 8.89. The van der Waals surface area contributed by atoms with E-state index in [2.05, 4.69) is 23.9 Å². The first-order valence-corrected chi connectivity index (χ1v) is 7.32. The molecule has 1 fully saturated rings. The summed E-state index contributed by atoms with van der Waals surface area (Å²) in [5.41, 5.74) is 7.88. The van der Waals surface area contributed by atoms with Gasteiger partial charge in [-0.1, -0.05) is 25.1 Å². The van der Waals surface area contributed by atoms with Gasteiger partial charge in [-0.05, 0) is 42.5 Å². The van der Waals surface area contributed by atoms with Crippen LogP contribution in [0.1, 0.15) is 37.8 Å². The minimum Gasteiger partial charge on any atom is -0.496 e. The van der Waals surface area contributed by atoms with Crippen LogP contribution in [-0.4, -0.2) is 36.1 Å². The number of amidine groups is 1. The van der Waals surface area contributed by atoms with Gasteiger partial charge in [-0.2, -0.15) is 0 Å². The molecule has 0 amide bonds. The number of likely N-dealkylation sites (tertiary alicyclic amines) is 1. The van der Waals surface area contributed by atoms with E-state index in [0.29, 0.717) is 16.7 Å². The van der Waals surface area contributed by atoms with Crippen LogP contribution in [0.15, 0.2) is 23.4 Å². The number of hydrogen-bond acceptors (Lipinski definition) is 4. The zero-order valence-corrected chi connectivity index (χ0v) is 13.1. The van der Waals surface area contributed by atoms with E-state index < -0.39 is 0 Å². The molecule has 1 aromatic carbocycles. The predicted octanol–water partition coefficient (Wildman–Crippen LogP) is 2.41. The summed E-state index contributed by atoms with van der Waals surface area (Å²) in [6.07, 6.45) is 2.51. The Balaban J connectivity index is 2.17. The molecule has 1 aromatic rings. The smallest absolute Gasteiger partial charge is 0.173 e. The highest BCUT2D eigenvalue weighted by Gasteiger charge is 2.26. The molecule has 0 radical (unpaired) electrons. The van der Waals surface area contributed by atoms with Gasteiger partial charge >= 0.3 is 0 Å². The minimum atomic E-state index is 0.0766. The molecule has 1 saturated heterocycles. The van der Waals surface area contributed by atoms with E-state index in [-0.39, 0.29) is 5.84 Å². The Bertz CT molecular complexity index is 526. The van der Waals surface area contributed by atoms with E-state index in [0.717, 1.165) is 25.2 Å². The molecule has 1 heterocycles. The third-order valence-electron chi connectivity index (χ3n) is 4.03. The van der Waals surface area contributed by atoms with Crippen molar-refractivity contribution in [1.29, 1.82) is 0 Å². The number of oxime groups is 1. The summed E-state index contributed by atoms with van der Waals surface area (Å²) in [4.78, 5) is 2.46. The van der Waals surface area contributed by atoms with Gasteiger partial charge < -0.3 is 15.7 Å². The van der Waals surface area contributed by atoms with E-state index in [4.69, 9.17) is 15.7 Å². The van der Waals surface area contributed by atoms with Gasteiger partial charge in [0.2, 0.25) is 0 Å². The highest BCUT2D eigenvalue weighted by Crippen LogP contribution is 2.29. The summed E-state index contributed by atoms with van der Waals surface area (Å²) in [5.74, 6) is 0.695. The van der Waals surface area contributed by atoms with Gasteiger partial charge in [0, 0.05) is 13.1 Å². The average molecular weight is 291 g/mol. The highest BCUT2D eigenvalue weighted by atomic mass is 16.5. The molecule has 1 aliphatic rings. The zero-order chi connectivity index (χ0) is 15.5. The van der Waals surface area contributed by atoms with Crippen LogP contribution in [0.4, 0.5) is 0 Å². The quantitative estimate of drug-likeness (QED) is 0.387. The Labute approximate surface area is 126 Å². The fraction of sp³-hybridized carbons (Fsp3) is 0.562. The van der Waals surface area contributed by atoms with Crippen molar-refractivity contribution in [2.45, 2.75) is 33.2 Å². The number of methoxy groups -OCH3 is 1. The predicted molar refractivity (Wildman–Crippen MR) is 83.8 cm³/mol. The summed E-state index contributed by atoms with van der Waals surface area (Å²) in [6, 6.07) is 5.85. The number of nitrogens with zero attached hydrogens (tertiary/aromatic N) is 2. The molecule has 5 nitrogen and oxygen atoms in total. The summed E-state index contributed by atoms with van der Waals surface area (Å²) >= 11 is 0. The molecule has 0 atom stereocenters. The molecule has 0 aromatic heterocycles. The van der Waals surface area contributed by atoms with Crippen LogP contribution in [0.2, 0.25) is 0 Å². The first-order valence-electron chi connectivity index (χ1n) is 7.32. The molecule has 0 unspecified atom stereocenters. The first-order chi connectivity index (χ1) is 9.95. The van der Waals surface area contributed by atoms with Gasteiger partial charge in [0.25, 0.3) is 0 Å². The lowest BCUT2D eigenvalue weighted by Crippen LogP contribution is -2.39. The van der Waals surface area contributed by atoms with Gasteiger partial charge in [0.1, 0.15) is 5.75 Å². The third kappa shape index (κ3) is 3.88. The number of benzene rings is 1. The van der Waals surface area contributed by atoms with Gasteiger partial charge in [0.15, 0.2) is 5.84 Å². The SMILES string of the molecule is COc1ccc(CN2CCCC(C)(C)C2)cc1C(N)=NO. The number of hydrogen-bond donors (Lipinski definition) is 2. The summed E-state index contributed by atoms with van der Waals surface area (Å²) in [5, 5.41) is 12.0. The Morgan fingerprint density at radius 2 is 2.24 bits per heavy atom. The topological polar surface area (TPSA) is 71.1 Å². The van der Waals surface area contributed by atoms with E-state index >= 15 is 0 Å². The van der Waals surface area contributed by atoms with Crippen molar-refractivity contribution in [3.8, 4) is 5.75 Å². The van der Waals surface area contributed by atoms with E-state index in [9.17, 15) is 0 Å². The summed E-state index contributed by atoms with van der Waals surface area (Å²) in [6.45, 7) is 7.72. The molecule has 21 heavy (non-hydrogen) atoms. The number of ether oxygens (including phenoxy) is 1. The Morgan fingerprint density at radius 3 is 2.86 bits per heavy atom. The van der Waals surface area contributed by atoms with Crippen LogP contribution in [0.5, 0.6) is 5.75 Å². The average Bonchev–Trinajstić information content (AvgIpc) is 2.45. The van der Waals surface area contributed by atoms with Gasteiger partial charge in [-0.3, -0.25) is 4.90 Å². The second kappa shape index (κ2) is 6.35. The van der Waals surface area contributed by atoms with Crippen molar-refractivity contribution in [3.63, 3.8) is 0 Å². The highest BCUT2D eigenvalue weighted by molar-refractivity contribution is 5.99. The van der Waals surface area contributed by atoms with Crippen molar-refractivity contribution < 1.29 is 9.94 Å². The van der Waals surface area contributed by atoms with Gasteiger partial charge in [-0.15, -0.1) is 0 Å². The molecule has 0 bridgehead atoms. The van der Waals surface area contributed by atoms with Crippen molar-refractivity contribution in [1.82, 2.24) is 4.90 Å². The maximum Gasteiger partial charge on any atom is 0.173 e. The second-order valence-electron chi connectivity index (χ2n) is 6.50. The van der Waals surface area contributed by atoms with Gasteiger partial charge in [0.05, 0.1) is 12.7 Å². The van der Waals surface area contributed by atoms with Crippen molar-refractivity contribution >= 4 is 5.84 Å². The maximum absolute atomic E-state index is 8.89. The molecule has 0 saturated carbocycles. The lowest BCUT2D eigenvalue weighted by Gasteiger charge is -2.38. The van der Waals surface area contributed by atoms with Gasteiger partial charge in [-0.25, -0.2) is 0 Å². The summed E-state index contributed by atoms with van der Waals surface area (Å²) < 4.78 is 5.26.